The Morgan fingerprint density at radius 3 is 2.41 bits per heavy atom. The highest BCUT2D eigenvalue weighted by Crippen LogP contribution is 2.22. The van der Waals surface area contributed by atoms with Gasteiger partial charge < -0.3 is 19.6 Å². The maximum Gasteiger partial charge on any atom is 0.490 e. The summed E-state index contributed by atoms with van der Waals surface area (Å²) in [5, 5.41) is 11.6. The second kappa shape index (κ2) is 12.2. The fourth-order valence-corrected chi connectivity index (χ4v) is 4.02. The molecule has 2 heterocycles. The van der Waals surface area contributed by atoms with Crippen LogP contribution in [0.1, 0.15) is 45.2 Å². The van der Waals surface area contributed by atoms with Gasteiger partial charge in [0.05, 0.1) is 18.3 Å². The molecule has 8 nitrogen and oxygen atoms in total. The molecule has 2 aliphatic rings. The van der Waals surface area contributed by atoms with E-state index in [0.717, 1.165) is 51.3 Å². The van der Waals surface area contributed by atoms with Crippen LogP contribution in [0.4, 0.5) is 13.2 Å². The summed E-state index contributed by atoms with van der Waals surface area (Å²) in [4.78, 5) is 26.1. The van der Waals surface area contributed by atoms with Crippen molar-refractivity contribution in [2.75, 3.05) is 32.8 Å². The first-order valence-corrected chi connectivity index (χ1v) is 11.1. The Hall–Kier alpha value is -2.14. The van der Waals surface area contributed by atoms with Crippen LogP contribution in [0.15, 0.2) is 12.3 Å². The van der Waals surface area contributed by atoms with Gasteiger partial charge in [-0.15, -0.1) is 0 Å². The van der Waals surface area contributed by atoms with E-state index in [0.29, 0.717) is 12.5 Å². The highest BCUT2D eigenvalue weighted by atomic mass is 19.4. The Labute approximate surface area is 186 Å². The number of halogens is 3. The van der Waals surface area contributed by atoms with Gasteiger partial charge in [0.2, 0.25) is 5.91 Å². The molecule has 32 heavy (non-hydrogen) atoms. The quantitative estimate of drug-likeness (QED) is 0.671. The molecule has 1 N–H and O–H groups in total. The SMILES string of the molecule is CCN(CC)CC1CN(C(=O)COC2CCCC2)Cc2ccnn2C1.O=C(O)C(F)(F)F. The minimum Gasteiger partial charge on any atom is -0.475 e. The van der Waals surface area contributed by atoms with Crippen molar-refractivity contribution in [1.29, 1.82) is 0 Å². The molecule has 182 valence electrons. The summed E-state index contributed by atoms with van der Waals surface area (Å²) in [6.07, 6.45) is 1.71. The van der Waals surface area contributed by atoms with E-state index in [2.05, 4.69) is 28.5 Å². The van der Waals surface area contributed by atoms with Gasteiger partial charge in [-0.1, -0.05) is 26.7 Å². The topological polar surface area (TPSA) is 87.9 Å². The van der Waals surface area contributed by atoms with Gasteiger partial charge in [0, 0.05) is 31.7 Å². The molecule has 0 spiro atoms. The zero-order chi connectivity index (χ0) is 23.7. The van der Waals surface area contributed by atoms with Crippen LogP contribution in [0, 0.1) is 5.92 Å². The average molecular weight is 463 g/mol. The number of carboxylic acid groups (broad SMARTS) is 1. The standard InChI is InChI=1S/C19H32N4O2.C2HF3O2/c1-3-21(4-2)11-16-12-22(14-17-9-10-20-23(17)13-16)19(24)15-25-18-7-5-6-8-18;3-2(4,5)1(6)7/h9-10,16,18H,3-8,11-15H2,1-2H3;(H,6,7). The number of carboxylic acids is 1. The van der Waals surface area contributed by atoms with Crippen LogP contribution >= 0.6 is 0 Å². The molecule has 1 fully saturated rings. The van der Waals surface area contributed by atoms with Crippen LogP contribution in [-0.4, -0.2) is 81.6 Å². The smallest absolute Gasteiger partial charge is 0.475 e. The summed E-state index contributed by atoms with van der Waals surface area (Å²) < 4.78 is 39.7. The fourth-order valence-electron chi connectivity index (χ4n) is 4.02. The number of carbonyl (C=O) groups excluding carboxylic acids is 1. The number of hydrogen-bond acceptors (Lipinski definition) is 5. The number of amides is 1. The van der Waals surface area contributed by atoms with Gasteiger partial charge in [-0.3, -0.25) is 9.48 Å². The molecule has 1 aromatic rings. The van der Waals surface area contributed by atoms with Gasteiger partial charge in [-0.05, 0) is 32.0 Å². The van der Waals surface area contributed by atoms with Gasteiger partial charge >= 0.3 is 12.1 Å². The van der Waals surface area contributed by atoms with Crippen molar-refractivity contribution in [2.45, 2.75) is 64.9 Å². The Morgan fingerprint density at radius 1 is 1.22 bits per heavy atom. The van der Waals surface area contributed by atoms with Crippen molar-refractivity contribution in [3.05, 3.63) is 18.0 Å². The molecule has 1 atom stereocenters. The number of ether oxygens (including phenoxy) is 1. The second-order valence-corrected chi connectivity index (χ2v) is 8.15. The number of aromatic nitrogens is 2. The number of aliphatic carboxylic acids is 1. The number of alkyl halides is 3. The van der Waals surface area contributed by atoms with E-state index >= 15 is 0 Å². The van der Waals surface area contributed by atoms with E-state index in [1.807, 2.05) is 17.2 Å². The first-order valence-electron chi connectivity index (χ1n) is 11.1. The van der Waals surface area contributed by atoms with E-state index in [9.17, 15) is 18.0 Å². The lowest BCUT2D eigenvalue weighted by Gasteiger charge is -2.28. The monoisotopic (exact) mass is 462 g/mol. The van der Waals surface area contributed by atoms with Gasteiger partial charge in [0.1, 0.15) is 6.61 Å². The van der Waals surface area contributed by atoms with Gasteiger partial charge in [0.15, 0.2) is 0 Å². The number of rotatable bonds is 7. The molecular formula is C21H33F3N4O4. The summed E-state index contributed by atoms with van der Waals surface area (Å²) >= 11 is 0. The number of nitrogens with zero attached hydrogens (tertiary/aromatic N) is 4. The molecule has 0 bridgehead atoms. The van der Waals surface area contributed by atoms with Crippen LogP contribution in [0.2, 0.25) is 0 Å². The maximum absolute atomic E-state index is 12.8. The molecule has 1 aromatic heterocycles. The van der Waals surface area contributed by atoms with Crippen LogP contribution in [0.25, 0.3) is 0 Å². The Bertz CT molecular complexity index is 731. The molecule has 0 radical (unpaired) electrons. The zero-order valence-corrected chi connectivity index (χ0v) is 18.7. The van der Waals surface area contributed by atoms with E-state index in [1.54, 1.807) is 0 Å². The molecule has 1 amide bonds. The van der Waals surface area contributed by atoms with E-state index < -0.39 is 12.1 Å². The predicted molar refractivity (Wildman–Crippen MR) is 111 cm³/mol. The summed E-state index contributed by atoms with van der Waals surface area (Å²) in [5.74, 6) is -2.24. The summed E-state index contributed by atoms with van der Waals surface area (Å²) in [6, 6.07) is 2.03. The lowest BCUT2D eigenvalue weighted by molar-refractivity contribution is -0.192. The van der Waals surface area contributed by atoms with Crippen LogP contribution in [0.5, 0.6) is 0 Å². The lowest BCUT2D eigenvalue weighted by atomic mass is 10.1. The zero-order valence-electron chi connectivity index (χ0n) is 18.7. The minimum absolute atomic E-state index is 0.117. The Morgan fingerprint density at radius 2 is 1.84 bits per heavy atom. The number of fused-ring (bicyclic) bond motifs is 1. The van der Waals surface area contributed by atoms with Crippen molar-refractivity contribution >= 4 is 11.9 Å². The molecule has 3 rings (SSSR count). The summed E-state index contributed by atoms with van der Waals surface area (Å²) in [5.41, 5.74) is 1.12. The average Bonchev–Trinajstić information content (AvgIpc) is 3.38. The Balaban J connectivity index is 0.000000451. The number of carbonyl (C=O) groups is 2. The van der Waals surface area contributed by atoms with Crippen LogP contribution in [0.3, 0.4) is 0 Å². The van der Waals surface area contributed by atoms with Crippen molar-refractivity contribution in [1.82, 2.24) is 19.6 Å². The first-order chi connectivity index (χ1) is 15.1. The lowest BCUT2D eigenvalue weighted by Crippen LogP contribution is -2.40. The van der Waals surface area contributed by atoms with E-state index in [4.69, 9.17) is 14.6 Å². The van der Waals surface area contributed by atoms with Crippen LogP contribution < -0.4 is 0 Å². The molecular weight excluding hydrogens is 429 g/mol. The molecule has 11 heteroatoms. The molecule has 1 aliphatic carbocycles. The van der Waals surface area contributed by atoms with E-state index in [-0.39, 0.29) is 18.6 Å². The first kappa shape index (κ1) is 26.1. The molecule has 0 saturated heterocycles. The molecule has 1 unspecified atom stereocenters. The molecule has 1 saturated carbocycles. The Kier molecular flexibility index (Phi) is 9.95. The third-order valence-electron chi connectivity index (χ3n) is 5.82. The maximum atomic E-state index is 12.8. The second-order valence-electron chi connectivity index (χ2n) is 8.15. The van der Waals surface area contributed by atoms with Crippen molar-refractivity contribution in [2.24, 2.45) is 5.92 Å². The van der Waals surface area contributed by atoms with Crippen LogP contribution in [-0.2, 0) is 27.4 Å². The van der Waals surface area contributed by atoms with Gasteiger partial charge in [-0.25, -0.2) is 4.79 Å². The van der Waals surface area contributed by atoms with E-state index in [1.165, 1.54) is 12.8 Å². The summed E-state index contributed by atoms with van der Waals surface area (Å²) in [6.45, 7) is 9.99. The third-order valence-corrected chi connectivity index (χ3v) is 5.82. The largest absolute Gasteiger partial charge is 0.490 e. The van der Waals surface area contributed by atoms with Gasteiger partial charge in [-0.2, -0.15) is 18.3 Å². The van der Waals surface area contributed by atoms with Crippen molar-refractivity contribution in [3.8, 4) is 0 Å². The van der Waals surface area contributed by atoms with Gasteiger partial charge in [0.25, 0.3) is 0 Å². The summed E-state index contributed by atoms with van der Waals surface area (Å²) in [7, 11) is 0. The number of hydrogen-bond donors (Lipinski definition) is 1. The highest BCUT2D eigenvalue weighted by molar-refractivity contribution is 5.77. The minimum atomic E-state index is -5.08. The predicted octanol–water partition coefficient (Wildman–Crippen LogP) is 2.78. The molecule has 1 aliphatic heterocycles. The van der Waals surface area contributed by atoms with Crippen molar-refractivity contribution < 1.29 is 32.6 Å². The third kappa shape index (κ3) is 8.09. The fraction of sp³-hybridized carbons (Fsp3) is 0.762. The highest BCUT2D eigenvalue weighted by Gasteiger charge is 2.38. The molecule has 0 aromatic carbocycles. The normalized spacial score (nSPS) is 19.3. The van der Waals surface area contributed by atoms with Crippen molar-refractivity contribution in [3.63, 3.8) is 0 Å².